The molecule has 0 N–H and O–H groups in total. The summed E-state index contributed by atoms with van der Waals surface area (Å²) in [5, 5.41) is 0. The molecule has 4 atom stereocenters. The lowest BCUT2D eigenvalue weighted by molar-refractivity contribution is -0.162. The Bertz CT molecular complexity index is 565. The summed E-state index contributed by atoms with van der Waals surface area (Å²) in [7, 11) is 0. The zero-order valence-electron chi connectivity index (χ0n) is 16.6. The number of carbonyl (C=O) groups is 2. The monoisotopic (exact) mass is 351 g/mol. The van der Waals surface area contributed by atoms with Crippen LogP contribution in [0.4, 0.5) is 4.79 Å². The van der Waals surface area contributed by atoms with Gasteiger partial charge in [-0.1, -0.05) is 20.8 Å². The van der Waals surface area contributed by atoms with E-state index in [0.29, 0.717) is 18.9 Å². The zero-order chi connectivity index (χ0) is 18.6. The SMILES string of the molecule is CC(C)(C)OC(=O)N1CCC[C@H]1C(=O)OC1CC2CCC1(C)C2(C)C. The number of esters is 1. The minimum Gasteiger partial charge on any atom is -0.460 e. The summed E-state index contributed by atoms with van der Waals surface area (Å²) >= 11 is 0. The quantitative estimate of drug-likeness (QED) is 0.702. The second-order valence-corrected chi connectivity index (χ2v) is 9.87. The van der Waals surface area contributed by atoms with E-state index in [1.165, 1.54) is 6.42 Å². The maximum Gasteiger partial charge on any atom is 0.411 e. The molecule has 3 unspecified atom stereocenters. The number of nitrogens with zero attached hydrogens (tertiary/aromatic N) is 1. The molecule has 2 bridgehead atoms. The number of carbonyl (C=O) groups excluding carboxylic acids is 2. The number of rotatable bonds is 2. The molecule has 1 aliphatic heterocycles. The summed E-state index contributed by atoms with van der Waals surface area (Å²) < 4.78 is 11.4. The van der Waals surface area contributed by atoms with Crippen LogP contribution in [0, 0.1) is 16.7 Å². The molecular formula is C20H33NO4. The van der Waals surface area contributed by atoms with E-state index in [1.54, 1.807) is 4.90 Å². The third-order valence-electron chi connectivity index (χ3n) is 7.13. The van der Waals surface area contributed by atoms with E-state index in [1.807, 2.05) is 20.8 Å². The van der Waals surface area contributed by atoms with Gasteiger partial charge in [-0.2, -0.15) is 0 Å². The number of fused-ring (bicyclic) bond motifs is 2. The van der Waals surface area contributed by atoms with Crippen LogP contribution in [0.15, 0.2) is 0 Å². The van der Waals surface area contributed by atoms with E-state index < -0.39 is 17.7 Å². The highest BCUT2D eigenvalue weighted by Crippen LogP contribution is 2.66. The Balaban J connectivity index is 1.66. The van der Waals surface area contributed by atoms with Crippen LogP contribution in [0.25, 0.3) is 0 Å². The maximum atomic E-state index is 12.8. The highest BCUT2D eigenvalue weighted by molar-refractivity contribution is 5.82. The van der Waals surface area contributed by atoms with Crippen LogP contribution < -0.4 is 0 Å². The third-order valence-corrected chi connectivity index (χ3v) is 7.13. The lowest BCUT2D eigenvalue weighted by atomic mass is 9.70. The smallest absolute Gasteiger partial charge is 0.411 e. The summed E-state index contributed by atoms with van der Waals surface area (Å²) in [6, 6.07) is -0.499. The molecule has 5 heteroatoms. The molecule has 0 aromatic heterocycles. The standard InChI is InChI=1S/C20H33NO4/c1-18(2,3)25-17(23)21-11-7-8-14(21)16(22)24-15-12-13-9-10-20(15,6)19(13,4)5/h13-15H,7-12H2,1-6H3/t13?,14-,15?,20?/m0/s1. The van der Waals surface area contributed by atoms with E-state index in [-0.39, 0.29) is 22.9 Å². The average Bonchev–Trinajstić information content (AvgIpc) is 3.08. The van der Waals surface area contributed by atoms with Gasteiger partial charge < -0.3 is 9.47 Å². The lowest BCUT2D eigenvalue weighted by Crippen LogP contribution is -2.46. The van der Waals surface area contributed by atoms with Crippen molar-refractivity contribution in [2.75, 3.05) is 6.54 Å². The summed E-state index contributed by atoms with van der Waals surface area (Å²) in [6.07, 6.45) is 4.33. The highest BCUT2D eigenvalue weighted by Gasteiger charge is 2.63. The normalized spacial score (nSPS) is 36.6. The Morgan fingerprint density at radius 2 is 1.80 bits per heavy atom. The number of hydrogen-bond donors (Lipinski definition) is 0. The van der Waals surface area contributed by atoms with Crippen molar-refractivity contribution >= 4 is 12.1 Å². The van der Waals surface area contributed by atoms with Crippen LogP contribution in [0.1, 0.15) is 73.6 Å². The van der Waals surface area contributed by atoms with Crippen molar-refractivity contribution < 1.29 is 19.1 Å². The largest absolute Gasteiger partial charge is 0.460 e. The minimum absolute atomic E-state index is 0.0326. The van der Waals surface area contributed by atoms with Crippen LogP contribution >= 0.6 is 0 Å². The van der Waals surface area contributed by atoms with E-state index in [4.69, 9.17) is 9.47 Å². The first-order valence-corrected chi connectivity index (χ1v) is 9.66. The van der Waals surface area contributed by atoms with Gasteiger partial charge in [0.2, 0.25) is 0 Å². The van der Waals surface area contributed by atoms with Crippen molar-refractivity contribution in [2.45, 2.75) is 91.4 Å². The molecule has 0 spiro atoms. The van der Waals surface area contributed by atoms with Gasteiger partial charge in [0, 0.05) is 12.0 Å². The van der Waals surface area contributed by atoms with E-state index in [2.05, 4.69) is 20.8 Å². The summed E-state index contributed by atoms with van der Waals surface area (Å²) in [5.41, 5.74) is -0.308. The molecule has 1 amide bonds. The second kappa shape index (κ2) is 5.88. The van der Waals surface area contributed by atoms with Crippen molar-refractivity contribution in [3.8, 4) is 0 Å². The molecule has 3 rings (SSSR count). The molecule has 5 nitrogen and oxygen atoms in total. The van der Waals surface area contributed by atoms with Gasteiger partial charge in [-0.25, -0.2) is 9.59 Å². The van der Waals surface area contributed by atoms with Gasteiger partial charge in [-0.15, -0.1) is 0 Å². The summed E-state index contributed by atoms with van der Waals surface area (Å²) in [4.78, 5) is 26.8. The fourth-order valence-electron chi connectivity index (χ4n) is 5.08. The van der Waals surface area contributed by atoms with Gasteiger partial charge >= 0.3 is 12.1 Å². The van der Waals surface area contributed by atoms with Crippen molar-refractivity contribution in [1.82, 2.24) is 4.90 Å². The zero-order valence-corrected chi connectivity index (χ0v) is 16.6. The predicted octanol–water partition coefficient (Wildman–Crippen LogP) is 4.14. The van der Waals surface area contributed by atoms with Crippen LogP contribution in [0.5, 0.6) is 0 Å². The maximum absolute atomic E-state index is 12.8. The molecule has 1 heterocycles. The van der Waals surface area contributed by atoms with Gasteiger partial charge in [0.1, 0.15) is 17.7 Å². The van der Waals surface area contributed by atoms with Crippen LogP contribution in [-0.2, 0) is 14.3 Å². The predicted molar refractivity (Wildman–Crippen MR) is 95.1 cm³/mol. The average molecular weight is 351 g/mol. The molecule has 25 heavy (non-hydrogen) atoms. The van der Waals surface area contributed by atoms with Crippen LogP contribution in [0.2, 0.25) is 0 Å². The molecule has 142 valence electrons. The van der Waals surface area contributed by atoms with Crippen molar-refractivity contribution in [2.24, 2.45) is 16.7 Å². The van der Waals surface area contributed by atoms with Crippen LogP contribution in [0.3, 0.4) is 0 Å². The summed E-state index contributed by atoms with van der Waals surface area (Å²) in [6.45, 7) is 13.0. The van der Waals surface area contributed by atoms with Gasteiger partial charge in [0.15, 0.2) is 0 Å². The molecule has 0 radical (unpaired) electrons. The highest BCUT2D eigenvalue weighted by atomic mass is 16.6. The van der Waals surface area contributed by atoms with Gasteiger partial charge in [0.25, 0.3) is 0 Å². The van der Waals surface area contributed by atoms with Crippen molar-refractivity contribution in [1.29, 1.82) is 0 Å². The van der Waals surface area contributed by atoms with Gasteiger partial charge in [0.05, 0.1) is 0 Å². The molecule has 1 saturated heterocycles. The molecule has 2 saturated carbocycles. The first-order valence-electron chi connectivity index (χ1n) is 9.66. The Morgan fingerprint density at radius 3 is 2.32 bits per heavy atom. The second-order valence-electron chi connectivity index (χ2n) is 9.87. The van der Waals surface area contributed by atoms with E-state index >= 15 is 0 Å². The Morgan fingerprint density at radius 1 is 1.12 bits per heavy atom. The molecule has 3 fully saturated rings. The van der Waals surface area contributed by atoms with Gasteiger partial charge in [-0.3, -0.25) is 4.90 Å². The Hall–Kier alpha value is -1.26. The Labute approximate surface area is 151 Å². The van der Waals surface area contributed by atoms with Crippen molar-refractivity contribution in [3.63, 3.8) is 0 Å². The van der Waals surface area contributed by atoms with Crippen molar-refractivity contribution in [3.05, 3.63) is 0 Å². The first kappa shape index (κ1) is 18.5. The molecule has 3 aliphatic rings. The fourth-order valence-corrected chi connectivity index (χ4v) is 5.08. The first-order chi connectivity index (χ1) is 11.5. The number of hydrogen-bond acceptors (Lipinski definition) is 4. The molecule has 0 aromatic rings. The number of likely N-dealkylation sites (tertiary alicyclic amines) is 1. The molecular weight excluding hydrogens is 318 g/mol. The number of amides is 1. The molecule has 0 aromatic carbocycles. The van der Waals surface area contributed by atoms with E-state index in [0.717, 1.165) is 19.3 Å². The Kier molecular flexibility index (Phi) is 4.36. The number of ether oxygens (including phenoxy) is 2. The summed E-state index contributed by atoms with van der Waals surface area (Å²) in [5.74, 6) is 0.374. The molecule has 2 aliphatic carbocycles. The lowest BCUT2D eigenvalue weighted by Gasteiger charge is -2.39. The van der Waals surface area contributed by atoms with E-state index in [9.17, 15) is 9.59 Å². The fraction of sp³-hybridized carbons (Fsp3) is 0.900. The minimum atomic E-state index is -0.559. The van der Waals surface area contributed by atoms with Gasteiger partial charge in [-0.05, 0) is 64.2 Å². The third kappa shape index (κ3) is 3.04. The topological polar surface area (TPSA) is 55.8 Å². The van der Waals surface area contributed by atoms with Crippen LogP contribution in [-0.4, -0.2) is 41.3 Å².